The van der Waals surface area contributed by atoms with E-state index in [9.17, 15) is 9.59 Å². The molecule has 1 atom stereocenters. The summed E-state index contributed by atoms with van der Waals surface area (Å²) < 4.78 is 4.73. The van der Waals surface area contributed by atoms with Crippen LogP contribution in [-0.4, -0.2) is 46.0 Å². The smallest absolute Gasteiger partial charge is 0.318 e. The lowest BCUT2D eigenvalue weighted by Crippen LogP contribution is -2.59. The molecule has 1 aliphatic heterocycles. The number of urea groups is 1. The zero-order valence-electron chi connectivity index (χ0n) is 14.4. The van der Waals surface area contributed by atoms with Crippen molar-refractivity contribution in [3.05, 3.63) is 53.4 Å². The molecule has 1 aromatic heterocycles. The molecule has 3 rings (SSSR count). The van der Waals surface area contributed by atoms with Crippen molar-refractivity contribution in [1.29, 1.82) is 0 Å². The molecule has 7 heteroatoms. The zero-order chi connectivity index (χ0) is 17.8. The summed E-state index contributed by atoms with van der Waals surface area (Å²) >= 11 is 0. The Balaban J connectivity index is 1.56. The molecule has 0 aliphatic carbocycles. The number of nitrogens with one attached hydrogen (secondary N) is 1. The number of benzene rings is 1. The third-order valence-corrected chi connectivity index (χ3v) is 4.41. The topological polar surface area (TPSA) is 78.7 Å². The molecule has 2 heterocycles. The fraction of sp³-hybridized carbons (Fsp3) is 0.389. The van der Waals surface area contributed by atoms with Gasteiger partial charge in [-0.3, -0.25) is 4.79 Å². The highest BCUT2D eigenvalue weighted by Crippen LogP contribution is 2.15. The largest absolute Gasteiger partial charge is 0.364 e. The van der Waals surface area contributed by atoms with Crippen LogP contribution in [0.4, 0.5) is 4.79 Å². The zero-order valence-corrected chi connectivity index (χ0v) is 14.4. The molecule has 7 nitrogen and oxygen atoms in total. The second-order valence-corrected chi connectivity index (χ2v) is 6.26. The summed E-state index contributed by atoms with van der Waals surface area (Å²) in [4.78, 5) is 28.3. The minimum absolute atomic E-state index is 0.0385. The molecule has 0 radical (unpaired) electrons. The normalized spacial score (nSPS) is 17.7. The van der Waals surface area contributed by atoms with E-state index in [0.29, 0.717) is 25.3 Å². The Morgan fingerprint density at radius 2 is 2.04 bits per heavy atom. The minimum atomic E-state index is -0.489. The van der Waals surface area contributed by atoms with E-state index in [1.54, 1.807) is 22.8 Å². The summed E-state index contributed by atoms with van der Waals surface area (Å²) in [7, 11) is 0. The number of hydrogen-bond acceptors (Lipinski definition) is 4. The van der Waals surface area contributed by atoms with Gasteiger partial charge in [-0.2, -0.15) is 0 Å². The van der Waals surface area contributed by atoms with E-state index in [2.05, 4.69) is 10.5 Å². The van der Waals surface area contributed by atoms with Crippen LogP contribution in [0.15, 0.2) is 41.1 Å². The number of aryl methyl sites for hydroxylation is 1. The molecule has 1 aromatic carbocycles. The van der Waals surface area contributed by atoms with Crippen molar-refractivity contribution in [2.24, 2.45) is 0 Å². The molecule has 2 aromatic rings. The lowest BCUT2D eigenvalue weighted by Gasteiger charge is -2.39. The van der Waals surface area contributed by atoms with Crippen LogP contribution >= 0.6 is 0 Å². The van der Waals surface area contributed by atoms with Gasteiger partial charge in [-0.05, 0) is 19.4 Å². The third-order valence-electron chi connectivity index (χ3n) is 4.41. The van der Waals surface area contributed by atoms with Gasteiger partial charge in [-0.25, -0.2) is 4.79 Å². The van der Waals surface area contributed by atoms with Crippen LogP contribution in [0.1, 0.15) is 23.7 Å². The quantitative estimate of drug-likeness (QED) is 0.921. The molecular formula is C18H22N4O3. The summed E-state index contributed by atoms with van der Waals surface area (Å²) in [5.74, 6) is -0.0385. The van der Waals surface area contributed by atoms with Crippen LogP contribution in [0.5, 0.6) is 0 Å². The molecule has 1 aliphatic rings. The molecule has 132 valence electrons. The molecule has 1 saturated heterocycles. The van der Waals surface area contributed by atoms with Gasteiger partial charge in [0.05, 0.1) is 6.54 Å². The van der Waals surface area contributed by atoms with Crippen molar-refractivity contribution < 1.29 is 14.1 Å². The van der Waals surface area contributed by atoms with Gasteiger partial charge >= 0.3 is 6.03 Å². The highest BCUT2D eigenvalue weighted by Gasteiger charge is 2.34. The molecule has 0 saturated carbocycles. The summed E-state index contributed by atoms with van der Waals surface area (Å²) in [5.41, 5.74) is 2.93. The van der Waals surface area contributed by atoms with Crippen LogP contribution in [0.2, 0.25) is 0 Å². The van der Waals surface area contributed by atoms with Gasteiger partial charge < -0.3 is 19.6 Å². The van der Waals surface area contributed by atoms with Gasteiger partial charge in [0.2, 0.25) is 5.91 Å². The van der Waals surface area contributed by atoms with E-state index >= 15 is 0 Å². The third kappa shape index (κ3) is 3.99. The number of amides is 3. The molecule has 3 amide bonds. The van der Waals surface area contributed by atoms with Crippen molar-refractivity contribution in [3.8, 4) is 0 Å². The predicted octanol–water partition coefficient (Wildman–Crippen LogP) is 1.93. The highest BCUT2D eigenvalue weighted by atomic mass is 16.5. The molecule has 1 fully saturated rings. The van der Waals surface area contributed by atoms with E-state index in [1.165, 1.54) is 11.8 Å². The van der Waals surface area contributed by atoms with Gasteiger partial charge in [-0.15, -0.1) is 0 Å². The summed E-state index contributed by atoms with van der Waals surface area (Å²) in [6, 6.07) is 9.08. The van der Waals surface area contributed by atoms with Crippen LogP contribution in [0.3, 0.4) is 0 Å². The molecule has 1 N–H and O–H groups in total. The van der Waals surface area contributed by atoms with E-state index < -0.39 is 6.04 Å². The monoisotopic (exact) mass is 342 g/mol. The van der Waals surface area contributed by atoms with E-state index in [0.717, 1.165) is 5.56 Å². The number of rotatable bonds is 4. The number of carbonyl (C=O) groups excluding carboxylic acids is 2. The van der Waals surface area contributed by atoms with Crippen molar-refractivity contribution in [2.45, 2.75) is 33.0 Å². The first-order valence-corrected chi connectivity index (χ1v) is 8.32. The molecule has 0 spiro atoms. The number of piperazine rings is 1. The van der Waals surface area contributed by atoms with Gasteiger partial charge in [0, 0.05) is 25.7 Å². The van der Waals surface area contributed by atoms with E-state index in [1.807, 2.05) is 31.2 Å². The molecule has 0 bridgehead atoms. The Hall–Kier alpha value is -2.83. The van der Waals surface area contributed by atoms with Crippen LogP contribution in [-0.2, 0) is 17.9 Å². The van der Waals surface area contributed by atoms with Crippen LogP contribution < -0.4 is 5.32 Å². The van der Waals surface area contributed by atoms with Crippen molar-refractivity contribution >= 4 is 11.9 Å². The lowest BCUT2D eigenvalue weighted by atomic mass is 10.1. The first-order chi connectivity index (χ1) is 12.0. The Morgan fingerprint density at radius 1 is 1.28 bits per heavy atom. The van der Waals surface area contributed by atoms with Crippen LogP contribution in [0.25, 0.3) is 0 Å². The Kier molecular flexibility index (Phi) is 5.02. The maximum absolute atomic E-state index is 12.6. The fourth-order valence-electron chi connectivity index (χ4n) is 2.87. The Morgan fingerprint density at radius 3 is 2.72 bits per heavy atom. The van der Waals surface area contributed by atoms with Gasteiger partial charge in [0.1, 0.15) is 18.0 Å². The number of nitrogens with zero attached hydrogens (tertiary/aromatic N) is 3. The number of hydrogen-bond donors (Lipinski definition) is 1. The maximum atomic E-state index is 12.6. The Bertz CT molecular complexity index is 727. The van der Waals surface area contributed by atoms with E-state index in [4.69, 9.17) is 4.52 Å². The SMILES string of the molecule is Cc1ccc(CN2CCN(C(=O)NCc3ccon3)[C@H](C)C2=O)cc1. The average Bonchev–Trinajstić information content (AvgIpc) is 3.12. The first kappa shape index (κ1) is 17.0. The standard InChI is InChI=1S/C18H22N4O3/c1-13-3-5-15(6-4-13)12-21-8-9-22(14(2)17(21)23)18(24)19-11-16-7-10-25-20-16/h3-7,10,14H,8-9,11-12H2,1-2H3,(H,19,24)/t14-/m1/s1. The van der Waals surface area contributed by atoms with E-state index in [-0.39, 0.29) is 18.5 Å². The van der Waals surface area contributed by atoms with Crippen molar-refractivity contribution in [1.82, 2.24) is 20.3 Å². The number of aromatic nitrogens is 1. The molecular weight excluding hydrogens is 320 g/mol. The maximum Gasteiger partial charge on any atom is 0.318 e. The molecule has 25 heavy (non-hydrogen) atoms. The lowest BCUT2D eigenvalue weighted by molar-refractivity contribution is -0.139. The van der Waals surface area contributed by atoms with Gasteiger partial charge in [-0.1, -0.05) is 35.0 Å². The summed E-state index contributed by atoms with van der Waals surface area (Å²) in [5, 5.41) is 6.52. The summed E-state index contributed by atoms with van der Waals surface area (Å²) in [6.07, 6.45) is 1.46. The highest BCUT2D eigenvalue weighted by molar-refractivity contribution is 5.88. The average molecular weight is 342 g/mol. The summed E-state index contributed by atoms with van der Waals surface area (Å²) in [6.45, 7) is 5.67. The van der Waals surface area contributed by atoms with Crippen molar-refractivity contribution in [2.75, 3.05) is 13.1 Å². The predicted molar refractivity (Wildman–Crippen MR) is 91.5 cm³/mol. The minimum Gasteiger partial charge on any atom is -0.364 e. The first-order valence-electron chi connectivity index (χ1n) is 8.32. The van der Waals surface area contributed by atoms with Crippen LogP contribution in [0, 0.1) is 6.92 Å². The second-order valence-electron chi connectivity index (χ2n) is 6.26. The van der Waals surface area contributed by atoms with Crippen molar-refractivity contribution in [3.63, 3.8) is 0 Å². The molecule has 0 unspecified atom stereocenters. The Labute approximate surface area is 146 Å². The fourth-order valence-corrected chi connectivity index (χ4v) is 2.87. The van der Waals surface area contributed by atoms with Gasteiger partial charge in [0.15, 0.2) is 0 Å². The second kappa shape index (κ2) is 7.38. The van der Waals surface area contributed by atoms with Gasteiger partial charge in [0.25, 0.3) is 0 Å². The number of carbonyl (C=O) groups is 2.